The van der Waals surface area contributed by atoms with Crippen LogP contribution in [0.25, 0.3) is 0 Å². The van der Waals surface area contributed by atoms with Gasteiger partial charge in [0.1, 0.15) is 0 Å². The van der Waals surface area contributed by atoms with Gasteiger partial charge in [-0.25, -0.2) is 5.10 Å². The van der Waals surface area contributed by atoms with E-state index in [9.17, 15) is 9.59 Å². The second-order valence-electron chi connectivity index (χ2n) is 8.12. The molecule has 0 radical (unpaired) electrons. The number of H-pyrrole nitrogens is 1. The summed E-state index contributed by atoms with van der Waals surface area (Å²) in [5.74, 6) is 0.225. The van der Waals surface area contributed by atoms with Crippen LogP contribution < -0.4 is 15.4 Å². The molecule has 1 aromatic carbocycles. The van der Waals surface area contributed by atoms with Crippen molar-refractivity contribution in [2.75, 3.05) is 49.1 Å². The first-order valence-corrected chi connectivity index (χ1v) is 10.4. The van der Waals surface area contributed by atoms with E-state index in [1.807, 2.05) is 4.90 Å². The van der Waals surface area contributed by atoms with Crippen LogP contribution in [0.4, 0.5) is 11.4 Å². The molecule has 29 heavy (non-hydrogen) atoms. The van der Waals surface area contributed by atoms with Crippen LogP contribution >= 0.6 is 0 Å². The normalized spacial score (nSPS) is 20.1. The number of amides is 1. The number of carbonyl (C=O) groups excluding carboxylic acids is 1. The molecule has 1 atom stereocenters. The number of benzene rings is 1. The second-order valence-corrected chi connectivity index (χ2v) is 8.12. The van der Waals surface area contributed by atoms with Crippen LogP contribution in [0.2, 0.25) is 0 Å². The minimum atomic E-state index is -0.210. The van der Waals surface area contributed by atoms with E-state index < -0.39 is 0 Å². The molecule has 1 N–H and O–H groups in total. The average molecular weight is 396 g/mol. The van der Waals surface area contributed by atoms with Gasteiger partial charge >= 0.3 is 0 Å². The Balaban J connectivity index is 1.38. The number of hydrogen-bond acceptors (Lipinski definition) is 5. The Kier molecular flexibility index (Phi) is 5.56. The SMILES string of the molecule is Cc1cccc(N2CCN(C(=O)C3CCCN(c4cn[nH]c(=O)c4)C3)CC2)c1C. The lowest BCUT2D eigenvalue weighted by Gasteiger charge is -2.40. The van der Waals surface area contributed by atoms with Crippen molar-refractivity contribution >= 4 is 17.3 Å². The molecular formula is C22H29N5O2. The lowest BCUT2D eigenvalue weighted by molar-refractivity contribution is -0.136. The summed E-state index contributed by atoms with van der Waals surface area (Å²) in [5.41, 5.74) is 4.49. The van der Waals surface area contributed by atoms with Crippen molar-refractivity contribution in [1.29, 1.82) is 0 Å². The molecule has 0 saturated carbocycles. The molecule has 2 aliphatic rings. The molecule has 2 saturated heterocycles. The zero-order valence-corrected chi connectivity index (χ0v) is 17.2. The third-order valence-electron chi connectivity index (χ3n) is 6.29. The van der Waals surface area contributed by atoms with Gasteiger partial charge in [0, 0.05) is 51.0 Å². The number of aromatic nitrogens is 2. The van der Waals surface area contributed by atoms with Gasteiger partial charge in [-0.15, -0.1) is 0 Å². The van der Waals surface area contributed by atoms with Crippen molar-refractivity contribution < 1.29 is 4.79 Å². The summed E-state index contributed by atoms with van der Waals surface area (Å²) in [6.07, 6.45) is 3.52. The highest BCUT2D eigenvalue weighted by molar-refractivity contribution is 5.80. The number of anilines is 2. The summed E-state index contributed by atoms with van der Waals surface area (Å²) in [6.45, 7) is 9.07. The van der Waals surface area contributed by atoms with Gasteiger partial charge in [0.15, 0.2) is 0 Å². The molecule has 3 heterocycles. The fourth-order valence-electron chi connectivity index (χ4n) is 4.46. The second kappa shape index (κ2) is 8.27. The van der Waals surface area contributed by atoms with E-state index in [1.165, 1.54) is 16.8 Å². The molecular weight excluding hydrogens is 366 g/mol. The zero-order chi connectivity index (χ0) is 20.4. The van der Waals surface area contributed by atoms with Crippen LogP contribution in [-0.4, -0.2) is 60.3 Å². The molecule has 154 valence electrons. The highest BCUT2D eigenvalue weighted by Crippen LogP contribution is 2.26. The predicted molar refractivity (Wildman–Crippen MR) is 115 cm³/mol. The summed E-state index contributed by atoms with van der Waals surface area (Å²) < 4.78 is 0. The highest BCUT2D eigenvalue weighted by Gasteiger charge is 2.31. The minimum Gasteiger partial charge on any atom is -0.369 e. The number of nitrogens with zero attached hydrogens (tertiary/aromatic N) is 4. The number of aryl methyl sites for hydroxylation is 1. The van der Waals surface area contributed by atoms with Gasteiger partial charge in [-0.3, -0.25) is 9.59 Å². The predicted octanol–water partition coefficient (Wildman–Crippen LogP) is 1.95. The van der Waals surface area contributed by atoms with Gasteiger partial charge < -0.3 is 14.7 Å². The maximum Gasteiger partial charge on any atom is 0.266 e. The van der Waals surface area contributed by atoms with Crippen molar-refractivity contribution in [1.82, 2.24) is 15.1 Å². The monoisotopic (exact) mass is 395 g/mol. The summed E-state index contributed by atoms with van der Waals surface area (Å²) in [4.78, 5) is 31.2. The van der Waals surface area contributed by atoms with Crippen molar-refractivity contribution in [3.05, 3.63) is 51.9 Å². The Hall–Kier alpha value is -2.83. The number of piperazine rings is 1. The van der Waals surface area contributed by atoms with Crippen molar-refractivity contribution in [3.63, 3.8) is 0 Å². The molecule has 1 aromatic heterocycles. The maximum atomic E-state index is 13.2. The third-order valence-corrected chi connectivity index (χ3v) is 6.29. The number of nitrogens with one attached hydrogen (secondary N) is 1. The first kappa shape index (κ1) is 19.5. The molecule has 4 rings (SSSR count). The van der Waals surface area contributed by atoms with Crippen LogP contribution in [0.15, 0.2) is 35.3 Å². The Morgan fingerprint density at radius 1 is 1.10 bits per heavy atom. The van der Waals surface area contributed by atoms with E-state index in [0.717, 1.165) is 51.3 Å². The van der Waals surface area contributed by atoms with Crippen LogP contribution in [-0.2, 0) is 4.79 Å². The van der Waals surface area contributed by atoms with Gasteiger partial charge in [-0.2, -0.15) is 5.10 Å². The van der Waals surface area contributed by atoms with Gasteiger partial charge in [-0.05, 0) is 43.9 Å². The zero-order valence-electron chi connectivity index (χ0n) is 17.2. The molecule has 7 heteroatoms. The summed E-state index contributed by atoms with van der Waals surface area (Å²) in [7, 11) is 0. The van der Waals surface area contributed by atoms with Gasteiger partial charge in [-0.1, -0.05) is 12.1 Å². The maximum absolute atomic E-state index is 13.2. The lowest BCUT2D eigenvalue weighted by atomic mass is 9.95. The Bertz CT molecular complexity index is 933. The largest absolute Gasteiger partial charge is 0.369 e. The van der Waals surface area contributed by atoms with Gasteiger partial charge in [0.05, 0.1) is 17.8 Å². The van der Waals surface area contributed by atoms with Crippen LogP contribution in [0, 0.1) is 19.8 Å². The topological polar surface area (TPSA) is 72.5 Å². The van der Waals surface area contributed by atoms with Gasteiger partial charge in [0.25, 0.3) is 5.56 Å². The summed E-state index contributed by atoms with van der Waals surface area (Å²) >= 11 is 0. The number of rotatable bonds is 3. The first-order chi connectivity index (χ1) is 14.0. The molecule has 7 nitrogen and oxygen atoms in total. The molecule has 0 bridgehead atoms. The highest BCUT2D eigenvalue weighted by atomic mass is 16.2. The molecule has 2 fully saturated rings. The van der Waals surface area contributed by atoms with Crippen LogP contribution in [0.3, 0.4) is 0 Å². The Labute approximate surface area is 171 Å². The van der Waals surface area contributed by atoms with E-state index in [-0.39, 0.29) is 17.4 Å². The minimum absolute atomic E-state index is 0.0182. The molecule has 0 aliphatic carbocycles. The quantitative estimate of drug-likeness (QED) is 0.860. The molecule has 0 spiro atoms. The Morgan fingerprint density at radius 2 is 1.90 bits per heavy atom. The summed E-state index contributed by atoms with van der Waals surface area (Å²) in [5, 5.41) is 6.30. The van der Waals surface area contributed by atoms with Crippen molar-refractivity contribution in [2.45, 2.75) is 26.7 Å². The number of hydrogen-bond donors (Lipinski definition) is 1. The molecule has 2 aliphatic heterocycles. The fourth-order valence-corrected chi connectivity index (χ4v) is 4.46. The van der Waals surface area contributed by atoms with Crippen LogP contribution in [0.5, 0.6) is 0 Å². The first-order valence-electron chi connectivity index (χ1n) is 10.4. The number of carbonyl (C=O) groups is 1. The van der Waals surface area contributed by atoms with Crippen molar-refractivity contribution in [2.24, 2.45) is 5.92 Å². The third kappa shape index (κ3) is 4.13. The number of aromatic amines is 1. The van der Waals surface area contributed by atoms with Crippen molar-refractivity contribution in [3.8, 4) is 0 Å². The van der Waals surface area contributed by atoms with Crippen LogP contribution in [0.1, 0.15) is 24.0 Å². The van der Waals surface area contributed by atoms with E-state index >= 15 is 0 Å². The Morgan fingerprint density at radius 3 is 2.66 bits per heavy atom. The molecule has 1 unspecified atom stereocenters. The average Bonchev–Trinajstić information content (AvgIpc) is 2.75. The van der Waals surface area contributed by atoms with E-state index in [0.29, 0.717) is 6.54 Å². The van der Waals surface area contributed by atoms with Gasteiger partial charge in [0.2, 0.25) is 5.91 Å². The van der Waals surface area contributed by atoms with E-state index in [4.69, 9.17) is 0 Å². The lowest BCUT2D eigenvalue weighted by Crippen LogP contribution is -2.52. The number of piperidine rings is 1. The fraction of sp³-hybridized carbons (Fsp3) is 0.500. The molecule has 1 amide bonds. The van der Waals surface area contributed by atoms with E-state index in [2.05, 4.69) is 52.0 Å². The molecule has 2 aromatic rings. The van der Waals surface area contributed by atoms with E-state index in [1.54, 1.807) is 12.3 Å². The summed E-state index contributed by atoms with van der Waals surface area (Å²) in [6, 6.07) is 7.98. The smallest absolute Gasteiger partial charge is 0.266 e. The standard InChI is InChI=1S/C22H29N5O2/c1-16-5-3-7-20(17(16)2)25-9-11-26(12-10-25)22(29)18-6-4-8-27(15-18)19-13-21(28)24-23-14-19/h3,5,7,13-14,18H,4,6,8-12,15H2,1-2H3,(H,24,28).